The minimum atomic E-state index is 0.501. The Labute approximate surface area is 105 Å². The van der Waals surface area contributed by atoms with Crippen molar-refractivity contribution < 1.29 is 0 Å². The second-order valence-corrected chi connectivity index (χ2v) is 4.92. The van der Waals surface area contributed by atoms with Gasteiger partial charge in [-0.3, -0.25) is 0 Å². The Hall–Kier alpha value is -1.22. The average molecular weight is 226 g/mol. The van der Waals surface area contributed by atoms with E-state index in [0.29, 0.717) is 5.92 Å². The number of hydrogen-bond acceptors (Lipinski definition) is 0. The minimum absolute atomic E-state index is 0.501. The Balaban J connectivity index is 1.98. The third kappa shape index (κ3) is 3.37. The van der Waals surface area contributed by atoms with Crippen molar-refractivity contribution in [3.63, 3.8) is 0 Å². The molecule has 0 aliphatic heterocycles. The largest absolute Gasteiger partial charge is 0.103 e. The van der Waals surface area contributed by atoms with E-state index in [-0.39, 0.29) is 0 Å². The molecule has 0 nitrogen and oxygen atoms in total. The van der Waals surface area contributed by atoms with Gasteiger partial charge in [0.1, 0.15) is 0 Å². The number of rotatable bonds is 3. The maximum Gasteiger partial charge on any atom is 0.0455 e. The fraction of sp³-hybridized carbons (Fsp3) is 0.529. The van der Waals surface area contributed by atoms with E-state index in [2.05, 4.69) is 43.0 Å². The summed E-state index contributed by atoms with van der Waals surface area (Å²) in [4.78, 5) is 0. The topological polar surface area (TPSA) is 0 Å². The zero-order chi connectivity index (χ0) is 11.9. The van der Waals surface area contributed by atoms with Gasteiger partial charge in [-0.25, -0.2) is 0 Å². The van der Waals surface area contributed by atoms with Gasteiger partial charge >= 0.3 is 0 Å². The van der Waals surface area contributed by atoms with Gasteiger partial charge in [0.15, 0.2) is 0 Å². The molecule has 0 saturated heterocycles. The molecule has 1 aromatic rings. The van der Waals surface area contributed by atoms with Gasteiger partial charge in [0, 0.05) is 12.3 Å². The van der Waals surface area contributed by atoms with Crippen LogP contribution in [0.1, 0.15) is 62.5 Å². The van der Waals surface area contributed by atoms with Gasteiger partial charge in [-0.15, -0.1) is 5.92 Å². The minimum Gasteiger partial charge on any atom is -0.103 e. The zero-order valence-corrected chi connectivity index (χ0v) is 10.8. The van der Waals surface area contributed by atoms with E-state index in [9.17, 15) is 0 Å². The molecule has 0 aromatic heterocycles. The van der Waals surface area contributed by atoms with Crippen molar-refractivity contribution in [2.45, 2.75) is 57.8 Å². The average Bonchev–Trinajstić information content (AvgIpc) is 2.39. The van der Waals surface area contributed by atoms with Crippen molar-refractivity contribution in [2.24, 2.45) is 0 Å². The van der Waals surface area contributed by atoms with Crippen LogP contribution in [0.15, 0.2) is 24.3 Å². The Morgan fingerprint density at radius 2 is 2.12 bits per heavy atom. The highest BCUT2D eigenvalue weighted by molar-refractivity contribution is 5.37. The molecule has 0 amide bonds. The van der Waals surface area contributed by atoms with Crippen LogP contribution in [0.4, 0.5) is 0 Å². The van der Waals surface area contributed by atoms with Crippen molar-refractivity contribution in [1.82, 2.24) is 0 Å². The smallest absolute Gasteiger partial charge is 0.0455 e. The number of benzene rings is 1. The summed E-state index contributed by atoms with van der Waals surface area (Å²) in [5.74, 6) is 7.37. The molecule has 0 saturated carbocycles. The molecule has 1 aliphatic rings. The van der Waals surface area contributed by atoms with Crippen LogP contribution in [0.3, 0.4) is 0 Å². The lowest BCUT2D eigenvalue weighted by molar-refractivity contribution is 0.640. The summed E-state index contributed by atoms with van der Waals surface area (Å²) in [7, 11) is 0. The molecule has 1 aliphatic carbocycles. The van der Waals surface area contributed by atoms with Crippen LogP contribution < -0.4 is 0 Å². The summed E-state index contributed by atoms with van der Waals surface area (Å²) in [5, 5.41) is 0. The quantitative estimate of drug-likeness (QED) is 0.518. The van der Waals surface area contributed by atoms with Gasteiger partial charge in [-0.2, -0.15) is 0 Å². The number of aryl methyl sites for hydroxylation is 1. The van der Waals surface area contributed by atoms with Crippen molar-refractivity contribution in [3.05, 3.63) is 35.4 Å². The summed E-state index contributed by atoms with van der Waals surface area (Å²) >= 11 is 0. The summed E-state index contributed by atoms with van der Waals surface area (Å²) < 4.78 is 0. The molecule has 0 N–H and O–H groups in total. The van der Waals surface area contributed by atoms with E-state index in [1.54, 1.807) is 0 Å². The van der Waals surface area contributed by atoms with Gasteiger partial charge in [0.25, 0.3) is 0 Å². The summed E-state index contributed by atoms with van der Waals surface area (Å²) in [6, 6.07) is 8.83. The van der Waals surface area contributed by atoms with Crippen LogP contribution >= 0.6 is 0 Å². The van der Waals surface area contributed by atoms with Crippen molar-refractivity contribution >= 4 is 0 Å². The Kier molecular flexibility index (Phi) is 4.68. The molecule has 0 heterocycles. The van der Waals surface area contributed by atoms with Crippen molar-refractivity contribution in [2.75, 3.05) is 0 Å². The monoisotopic (exact) mass is 226 g/mol. The van der Waals surface area contributed by atoms with Crippen LogP contribution in [0.2, 0.25) is 0 Å². The molecule has 0 bridgehead atoms. The van der Waals surface area contributed by atoms with E-state index in [1.807, 2.05) is 0 Å². The van der Waals surface area contributed by atoms with Crippen LogP contribution in [-0.2, 0) is 6.42 Å². The SMILES string of the molecule is CCCCCC#CC1CCCc2ccccc21. The highest BCUT2D eigenvalue weighted by Crippen LogP contribution is 2.30. The predicted molar refractivity (Wildman–Crippen MR) is 74.0 cm³/mol. The van der Waals surface area contributed by atoms with Crippen LogP contribution in [0.5, 0.6) is 0 Å². The molecule has 0 heteroatoms. The van der Waals surface area contributed by atoms with E-state index < -0.39 is 0 Å². The van der Waals surface area contributed by atoms with E-state index in [0.717, 1.165) is 6.42 Å². The summed E-state index contributed by atoms with van der Waals surface area (Å²) in [5.41, 5.74) is 3.01. The van der Waals surface area contributed by atoms with Crippen molar-refractivity contribution in [3.8, 4) is 11.8 Å². The van der Waals surface area contributed by atoms with Crippen LogP contribution in [0.25, 0.3) is 0 Å². The number of hydrogen-bond donors (Lipinski definition) is 0. The van der Waals surface area contributed by atoms with Gasteiger partial charge in [-0.1, -0.05) is 50.0 Å². The maximum absolute atomic E-state index is 3.49. The van der Waals surface area contributed by atoms with Crippen molar-refractivity contribution in [1.29, 1.82) is 0 Å². The van der Waals surface area contributed by atoms with Gasteiger partial charge in [-0.05, 0) is 36.8 Å². The lowest BCUT2D eigenvalue weighted by Gasteiger charge is -2.21. The molecule has 2 rings (SSSR count). The molecule has 17 heavy (non-hydrogen) atoms. The molecular formula is C17H22. The predicted octanol–water partition coefficient (Wildman–Crippen LogP) is 4.69. The first-order valence-electron chi connectivity index (χ1n) is 6.98. The van der Waals surface area contributed by atoms with Gasteiger partial charge < -0.3 is 0 Å². The lowest BCUT2D eigenvalue weighted by Crippen LogP contribution is -2.07. The van der Waals surface area contributed by atoms with E-state index in [4.69, 9.17) is 0 Å². The highest BCUT2D eigenvalue weighted by atomic mass is 14.2. The molecular weight excluding hydrogens is 204 g/mol. The first-order chi connectivity index (χ1) is 8.42. The van der Waals surface area contributed by atoms with Crippen LogP contribution in [-0.4, -0.2) is 0 Å². The second kappa shape index (κ2) is 6.50. The maximum atomic E-state index is 3.49. The lowest BCUT2D eigenvalue weighted by atomic mass is 9.83. The standard InChI is InChI=1S/C17H22/c1-2-3-4-5-6-10-15-12-9-13-16-11-7-8-14-17(15)16/h7-8,11,14-15H,2-5,9,12-13H2,1H3. The van der Waals surface area contributed by atoms with Crippen LogP contribution in [0, 0.1) is 11.8 Å². The molecule has 1 aromatic carbocycles. The second-order valence-electron chi connectivity index (χ2n) is 4.92. The molecule has 0 radical (unpaired) electrons. The first kappa shape index (κ1) is 12.2. The molecule has 1 unspecified atom stereocenters. The van der Waals surface area contributed by atoms with Gasteiger partial charge in [0.05, 0.1) is 0 Å². The fourth-order valence-electron chi connectivity index (χ4n) is 2.56. The summed E-state index contributed by atoms with van der Waals surface area (Å²) in [6.45, 7) is 2.24. The summed E-state index contributed by atoms with van der Waals surface area (Å²) in [6.07, 6.45) is 8.72. The highest BCUT2D eigenvalue weighted by Gasteiger charge is 2.17. The molecule has 0 spiro atoms. The molecule has 1 atom stereocenters. The van der Waals surface area contributed by atoms with E-state index in [1.165, 1.54) is 49.7 Å². The Bertz CT molecular complexity index is 406. The number of unbranched alkanes of at least 4 members (excludes halogenated alkanes) is 3. The molecule has 0 fully saturated rings. The Morgan fingerprint density at radius 3 is 3.00 bits per heavy atom. The first-order valence-corrected chi connectivity index (χ1v) is 6.98. The fourth-order valence-corrected chi connectivity index (χ4v) is 2.56. The Morgan fingerprint density at radius 1 is 1.24 bits per heavy atom. The normalized spacial score (nSPS) is 18.1. The van der Waals surface area contributed by atoms with E-state index >= 15 is 0 Å². The van der Waals surface area contributed by atoms with Gasteiger partial charge in [0.2, 0.25) is 0 Å². The molecule has 90 valence electrons. The third-order valence-electron chi connectivity index (χ3n) is 3.55. The zero-order valence-electron chi connectivity index (χ0n) is 10.8. The number of fused-ring (bicyclic) bond motifs is 1. The third-order valence-corrected chi connectivity index (χ3v) is 3.55.